The second kappa shape index (κ2) is 2.59. The largest absolute Gasteiger partial charge is 0.242 e. The number of fused-ring (bicyclic) bond motifs is 1. The molecule has 0 bridgehead atoms. The molecule has 2 radical (unpaired) electrons. The molecule has 0 fully saturated rings. The van der Waals surface area contributed by atoms with E-state index in [1.807, 2.05) is 19.9 Å². The van der Waals surface area contributed by atoms with Gasteiger partial charge in [0.1, 0.15) is 7.85 Å². The van der Waals surface area contributed by atoms with Gasteiger partial charge in [-0.25, -0.2) is 4.98 Å². The molecular formula is C9H8BNS. The molecule has 58 valence electrons. The van der Waals surface area contributed by atoms with Crippen molar-refractivity contribution in [1.29, 1.82) is 0 Å². The first kappa shape index (κ1) is 7.81. The monoisotopic (exact) mass is 173 g/mol. The fourth-order valence-corrected chi connectivity index (χ4v) is 2.27. The van der Waals surface area contributed by atoms with E-state index in [1.54, 1.807) is 11.3 Å². The van der Waals surface area contributed by atoms with E-state index in [-0.39, 0.29) is 0 Å². The third-order valence-corrected chi connectivity index (χ3v) is 2.69. The first-order valence-electron chi connectivity index (χ1n) is 3.80. The van der Waals surface area contributed by atoms with E-state index >= 15 is 0 Å². The van der Waals surface area contributed by atoms with Crippen molar-refractivity contribution in [3.63, 3.8) is 0 Å². The Morgan fingerprint density at radius 2 is 2.08 bits per heavy atom. The van der Waals surface area contributed by atoms with Crippen LogP contribution in [0.4, 0.5) is 0 Å². The lowest BCUT2D eigenvalue weighted by molar-refractivity contribution is 1.35. The van der Waals surface area contributed by atoms with E-state index in [4.69, 9.17) is 7.85 Å². The van der Waals surface area contributed by atoms with Crippen LogP contribution in [0.5, 0.6) is 0 Å². The molecule has 0 amide bonds. The summed E-state index contributed by atoms with van der Waals surface area (Å²) in [4.78, 5) is 4.35. The van der Waals surface area contributed by atoms with Crippen LogP contribution in [-0.2, 0) is 0 Å². The molecule has 0 aliphatic heterocycles. The third kappa shape index (κ3) is 1.14. The van der Waals surface area contributed by atoms with E-state index in [0.29, 0.717) is 0 Å². The Morgan fingerprint density at radius 1 is 1.33 bits per heavy atom. The Hall–Kier alpha value is -0.825. The van der Waals surface area contributed by atoms with Gasteiger partial charge in [-0.05, 0) is 19.9 Å². The fourth-order valence-electron chi connectivity index (χ4n) is 1.31. The quantitative estimate of drug-likeness (QED) is 0.552. The maximum absolute atomic E-state index is 5.81. The molecule has 2 rings (SSSR count). The molecule has 1 aromatic heterocycles. The molecule has 0 N–H and O–H groups in total. The number of aromatic nitrogens is 1. The fraction of sp³-hybridized carbons (Fsp3) is 0.222. The van der Waals surface area contributed by atoms with E-state index in [9.17, 15) is 0 Å². The molecule has 0 saturated heterocycles. The third-order valence-electron chi connectivity index (χ3n) is 1.78. The summed E-state index contributed by atoms with van der Waals surface area (Å²) in [6, 6.07) is 4.08. The van der Waals surface area contributed by atoms with Crippen LogP contribution in [0.15, 0.2) is 12.1 Å². The number of hydrogen-bond acceptors (Lipinski definition) is 2. The summed E-state index contributed by atoms with van der Waals surface area (Å²) in [5.41, 5.74) is 2.93. The summed E-state index contributed by atoms with van der Waals surface area (Å²) in [7, 11) is 5.81. The highest BCUT2D eigenvalue weighted by Crippen LogP contribution is 2.20. The van der Waals surface area contributed by atoms with Crippen molar-refractivity contribution < 1.29 is 0 Å². The molecule has 1 heterocycles. The molecule has 0 spiro atoms. The highest BCUT2D eigenvalue weighted by molar-refractivity contribution is 7.18. The standard InChI is InChI=1S/C9H8BNS/c1-5-3-7(10)9-8(4-5)12-6(2)11-9/h3-4H,1-2H3. The summed E-state index contributed by atoms with van der Waals surface area (Å²) in [5.74, 6) is 0. The summed E-state index contributed by atoms with van der Waals surface area (Å²) in [6.45, 7) is 4.05. The second-order valence-corrected chi connectivity index (χ2v) is 4.17. The van der Waals surface area contributed by atoms with Crippen LogP contribution in [0, 0.1) is 13.8 Å². The van der Waals surface area contributed by atoms with Crippen LogP contribution in [0.25, 0.3) is 10.2 Å². The topological polar surface area (TPSA) is 12.9 Å². The van der Waals surface area contributed by atoms with E-state index in [2.05, 4.69) is 11.1 Å². The summed E-state index contributed by atoms with van der Waals surface area (Å²) >= 11 is 1.69. The predicted octanol–water partition coefficient (Wildman–Crippen LogP) is 1.71. The van der Waals surface area contributed by atoms with Crippen LogP contribution in [-0.4, -0.2) is 12.8 Å². The van der Waals surface area contributed by atoms with Crippen molar-refractivity contribution in [2.75, 3.05) is 0 Å². The first-order valence-corrected chi connectivity index (χ1v) is 4.62. The minimum absolute atomic E-state index is 0.786. The zero-order chi connectivity index (χ0) is 8.72. The summed E-state index contributed by atoms with van der Waals surface area (Å²) < 4.78 is 1.19. The van der Waals surface area contributed by atoms with Gasteiger partial charge >= 0.3 is 0 Å². The molecule has 12 heavy (non-hydrogen) atoms. The molecule has 0 unspecified atom stereocenters. The lowest BCUT2D eigenvalue weighted by atomic mass is 9.93. The normalized spacial score (nSPS) is 10.8. The van der Waals surface area contributed by atoms with Crippen molar-refractivity contribution in [2.24, 2.45) is 0 Å². The Bertz CT molecular complexity index is 433. The number of aryl methyl sites for hydroxylation is 2. The molecular weight excluding hydrogens is 165 g/mol. The van der Waals surface area contributed by atoms with Gasteiger partial charge in [-0.15, -0.1) is 11.3 Å². The van der Waals surface area contributed by atoms with Gasteiger partial charge in [0, 0.05) is 0 Å². The number of hydrogen-bond donors (Lipinski definition) is 0. The van der Waals surface area contributed by atoms with Gasteiger partial charge in [-0.3, -0.25) is 0 Å². The Balaban J connectivity index is 2.88. The van der Waals surface area contributed by atoms with Gasteiger partial charge in [-0.1, -0.05) is 17.1 Å². The van der Waals surface area contributed by atoms with E-state index in [1.165, 1.54) is 10.3 Å². The second-order valence-electron chi connectivity index (χ2n) is 2.93. The van der Waals surface area contributed by atoms with E-state index in [0.717, 1.165) is 16.0 Å². The minimum atomic E-state index is 0.786. The lowest BCUT2D eigenvalue weighted by Gasteiger charge is -1.96. The molecule has 2 aromatic rings. The minimum Gasteiger partial charge on any atom is -0.242 e. The molecule has 0 atom stereocenters. The predicted molar refractivity (Wildman–Crippen MR) is 54.5 cm³/mol. The zero-order valence-corrected chi connectivity index (χ0v) is 7.90. The van der Waals surface area contributed by atoms with Crippen molar-refractivity contribution >= 4 is 34.9 Å². The smallest absolute Gasteiger partial charge is 0.116 e. The molecule has 0 aliphatic rings. The van der Waals surface area contributed by atoms with Crippen molar-refractivity contribution in [2.45, 2.75) is 13.8 Å². The van der Waals surface area contributed by atoms with Crippen LogP contribution >= 0.6 is 11.3 Å². The van der Waals surface area contributed by atoms with E-state index < -0.39 is 0 Å². The van der Waals surface area contributed by atoms with Gasteiger partial charge in [0.15, 0.2) is 0 Å². The Kier molecular flexibility index (Phi) is 1.69. The van der Waals surface area contributed by atoms with Crippen LogP contribution in [0.1, 0.15) is 10.6 Å². The van der Waals surface area contributed by atoms with Gasteiger partial charge < -0.3 is 0 Å². The highest BCUT2D eigenvalue weighted by Gasteiger charge is 2.02. The number of rotatable bonds is 0. The molecule has 0 aliphatic carbocycles. The van der Waals surface area contributed by atoms with Crippen molar-refractivity contribution in [3.8, 4) is 0 Å². The average Bonchev–Trinajstić information content (AvgIpc) is 2.29. The average molecular weight is 173 g/mol. The van der Waals surface area contributed by atoms with Crippen LogP contribution < -0.4 is 5.46 Å². The summed E-state index contributed by atoms with van der Waals surface area (Å²) in [5, 5.41) is 1.07. The summed E-state index contributed by atoms with van der Waals surface area (Å²) in [6.07, 6.45) is 0. The van der Waals surface area contributed by atoms with Gasteiger partial charge in [0.2, 0.25) is 0 Å². The van der Waals surface area contributed by atoms with Crippen molar-refractivity contribution in [3.05, 3.63) is 22.7 Å². The van der Waals surface area contributed by atoms with Gasteiger partial charge in [0.25, 0.3) is 0 Å². The molecule has 3 heteroatoms. The Morgan fingerprint density at radius 3 is 2.83 bits per heavy atom. The van der Waals surface area contributed by atoms with Gasteiger partial charge in [0.05, 0.1) is 15.2 Å². The van der Waals surface area contributed by atoms with Crippen molar-refractivity contribution in [1.82, 2.24) is 4.98 Å². The van der Waals surface area contributed by atoms with Crippen LogP contribution in [0.3, 0.4) is 0 Å². The maximum atomic E-state index is 5.81. The first-order chi connectivity index (χ1) is 5.66. The number of thiazole rings is 1. The SMILES string of the molecule is [B]c1cc(C)cc2sc(C)nc12. The lowest BCUT2D eigenvalue weighted by Crippen LogP contribution is -2.03. The molecule has 1 nitrogen and oxygen atoms in total. The van der Waals surface area contributed by atoms with Crippen LogP contribution in [0.2, 0.25) is 0 Å². The highest BCUT2D eigenvalue weighted by atomic mass is 32.1. The molecule has 1 aromatic carbocycles. The van der Waals surface area contributed by atoms with Gasteiger partial charge in [-0.2, -0.15) is 0 Å². The number of nitrogens with zero attached hydrogens (tertiary/aromatic N) is 1. The maximum Gasteiger partial charge on any atom is 0.116 e. The zero-order valence-electron chi connectivity index (χ0n) is 7.09. The molecule has 0 saturated carbocycles. The number of benzene rings is 1. The Labute approximate surface area is 76.9 Å².